The van der Waals surface area contributed by atoms with Crippen LogP contribution in [0.2, 0.25) is 0 Å². The minimum atomic E-state index is 0.0400. The summed E-state index contributed by atoms with van der Waals surface area (Å²) in [6.07, 6.45) is 5.27. The molecule has 1 aliphatic heterocycles. The monoisotopic (exact) mass is 391 g/mol. The van der Waals surface area contributed by atoms with E-state index in [9.17, 15) is 4.79 Å². The van der Waals surface area contributed by atoms with Gasteiger partial charge in [0.25, 0.3) is 5.56 Å². The van der Waals surface area contributed by atoms with Crippen LogP contribution in [0.25, 0.3) is 20.9 Å². The number of nitrogens with zero attached hydrogens (tertiary/aromatic N) is 5. The quantitative estimate of drug-likeness (QED) is 0.535. The molecule has 0 amide bonds. The molecule has 0 atom stereocenters. The minimum Gasteiger partial charge on any atom is -0.353 e. The van der Waals surface area contributed by atoms with Gasteiger partial charge in [0.1, 0.15) is 5.82 Å². The topological polar surface area (TPSA) is 54.3 Å². The second kappa shape index (κ2) is 7.33. The fourth-order valence-electron chi connectivity index (χ4n) is 3.83. The Hall–Kier alpha value is -2.77. The average molecular weight is 392 g/mol. The summed E-state index contributed by atoms with van der Waals surface area (Å²) < 4.78 is 7.71. The number of aromatic nitrogens is 3. The molecule has 4 aromatic rings. The standard InChI is InChI=1S/C21H21N5OS/c27-21-18-15-22-7-5-16(18)6-8-26(21)14-11-24-9-12-25(13-10-24)20-17-3-1-2-4-19(17)28-23-20/h1-8,15H,9-14H2. The molecule has 0 N–H and O–H groups in total. The highest BCUT2D eigenvalue weighted by Crippen LogP contribution is 2.29. The van der Waals surface area contributed by atoms with Gasteiger partial charge in [-0.25, -0.2) is 0 Å². The van der Waals surface area contributed by atoms with E-state index in [4.69, 9.17) is 0 Å². The van der Waals surface area contributed by atoms with E-state index in [-0.39, 0.29) is 5.56 Å². The van der Waals surface area contributed by atoms with Crippen molar-refractivity contribution >= 4 is 38.2 Å². The summed E-state index contributed by atoms with van der Waals surface area (Å²) >= 11 is 1.57. The van der Waals surface area contributed by atoms with Crippen LogP contribution in [0.3, 0.4) is 0 Å². The lowest BCUT2D eigenvalue weighted by Gasteiger charge is -2.35. The molecule has 1 aromatic carbocycles. The third-order valence-electron chi connectivity index (χ3n) is 5.47. The molecular weight excluding hydrogens is 370 g/mol. The normalized spacial score (nSPS) is 15.5. The number of hydrogen-bond acceptors (Lipinski definition) is 6. The molecule has 6 nitrogen and oxygen atoms in total. The Kier molecular flexibility index (Phi) is 4.54. The average Bonchev–Trinajstić information content (AvgIpc) is 3.18. The number of hydrogen-bond donors (Lipinski definition) is 0. The zero-order valence-electron chi connectivity index (χ0n) is 15.5. The number of rotatable bonds is 4. The van der Waals surface area contributed by atoms with Gasteiger partial charge in [-0.3, -0.25) is 14.7 Å². The van der Waals surface area contributed by atoms with Crippen LogP contribution in [0.4, 0.5) is 5.82 Å². The van der Waals surface area contributed by atoms with E-state index < -0.39 is 0 Å². The van der Waals surface area contributed by atoms with Gasteiger partial charge < -0.3 is 9.47 Å². The van der Waals surface area contributed by atoms with Crippen molar-refractivity contribution in [3.63, 3.8) is 0 Å². The van der Waals surface area contributed by atoms with Crippen molar-refractivity contribution in [1.29, 1.82) is 0 Å². The van der Waals surface area contributed by atoms with Crippen molar-refractivity contribution in [3.8, 4) is 0 Å². The third kappa shape index (κ3) is 3.16. The molecule has 1 saturated heterocycles. The van der Waals surface area contributed by atoms with Gasteiger partial charge in [0.15, 0.2) is 0 Å². The first-order chi connectivity index (χ1) is 13.8. The summed E-state index contributed by atoms with van der Waals surface area (Å²) in [5.41, 5.74) is 0.0400. The Bertz CT molecular complexity index is 1180. The molecule has 0 radical (unpaired) electrons. The lowest BCUT2D eigenvalue weighted by molar-refractivity contribution is 0.247. The van der Waals surface area contributed by atoms with E-state index in [0.29, 0.717) is 11.9 Å². The van der Waals surface area contributed by atoms with Gasteiger partial charge in [-0.1, -0.05) is 12.1 Å². The van der Waals surface area contributed by atoms with Crippen molar-refractivity contribution in [2.75, 3.05) is 37.6 Å². The van der Waals surface area contributed by atoms with Gasteiger partial charge in [-0.15, -0.1) is 0 Å². The Morgan fingerprint density at radius 2 is 1.82 bits per heavy atom. The lowest BCUT2D eigenvalue weighted by Crippen LogP contribution is -2.47. The van der Waals surface area contributed by atoms with Gasteiger partial charge in [-0.05, 0) is 41.2 Å². The fraction of sp³-hybridized carbons (Fsp3) is 0.286. The maximum Gasteiger partial charge on any atom is 0.260 e. The van der Waals surface area contributed by atoms with E-state index in [1.54, 1.807) is 28.5 Å². The Morgan fingerprint density at radius 1 is 0.964 bits per heavy atom. The number of piperazine rings is 1. The molecule has 0 saturated carbocycles. The highest BCUT2D eigenvalue weighted by Gasteiger charge is 2.20. The molecule has 0 unspecified atom stereocenters. The maximum atomic E-state index is 12.6. The molecule has 0 bridgehead atoms. The summed E-state index contributed by atoms with van der Waals surface area (Å²) in [6.45, 7) is 5.46. The molecule has 7 heteroatoms. The molecule has 1 aliphatic rings. The van der Waals surface area contributed by atoms with Gasteiger partial charge in [0, 0.05) is 63.2 Å². The molecular formula is C21H21N5OS. The molecule has 142 valence electrons. The highest BCUT2D eigenvalue weighted by molar-refractivity contribution is 7.13. The van der Waals surface area contributed by atoms with Crippen LogP contribution >= 0.6 is 11.5 Å². The second-order valence-corrected chi connectivity index (χ2v) is 7.91. The molecule has 5 rings (SSSR count). The van der Waals surface area contributed by atoms with Crippen molar-refractivity contribution in [2.24, 2.45) is 0 Å². The van der Waals surface area contributed by atoms with Gasteiger partial charge in [0.2, 0.25) is 0 Å². The zero-order valence-corrected chi connectivity index (χ0v) is 16.3. The molecule has 4 heterocycles. The van der Waals surface area contributed by atoms with Crippen LogP contribution in [0.1, 0.15) is 0 Å². The van der Waals surface area contributed by atoms with E-state index in [1.165, 1.54) is 10.1 Å². The summed E-state index contributed by atoms with van der Waals surface area (Å²) in [4.78, 5) is 21.5. The first-order valence-corrected chi connectivity index (χ1v) is 10.3. The minimum absolute atomic E-state index is 0.0400. The summed E-state index contributed by atoms with van der Waals surface area (Å²) in [7, 11) is 0. The zero-order chi connectivity index (χ0) is 18.9. The first-order valence-electron chi connectivity index (χ1n) is 9.54. The van der Waals surface area contributed by atoms with Crippen LogP contribution < -0.4 is 10.5 Å². The number of pyridine rings is 2. The predicted octanol–water partition coefficient (Wildman–Crippen LogP) is 2.83. The molecule has 1 fully saturated rings. The smallest absolute Gasteiger partial charge is 0.260 e. The van der Waals surface area contributed by atoms with Crippen LogP contribution in [0.5, 0.6) is 0 Å². The Morgan fingerprint density at radius 3 is 2.71 bits per heavy atom. The number of fused-ring (bicyclic) bond motifs is 2. The van der Waals surface area contributed by atoms with Crippen molar-refractivity contribution in [3.05, 3.63) is 65.3 Å². The summed E-state index contributed by atoms with van der Waals surface area (Å²) in [6, 6.07) is 12.3. The predicted molar refractivity (Wildman–Crippen MR) is 114 cm³/mol. The van der Waals surface area contributed by atoms with Gasteiger partial charge in [-0.2, -0.15) is 4.37 Å². The Labute approximate surface area is 166 Å². The second-order valence-electron chi connectivity index (χ2n) is 7.11. The maximum absolute atomic E-state index is 12.6. The van der Waals surface area contributed by atoms with Crippen LogP contribution in [0.15, 0.2) is 59.8 Å². The fourth-order valence-corrected chi connectivity index (χ4v) is 4.63. The van der Waals surface area contributed by atoms with E-state index in [1.807, 2.05) is 18.3 Å². The summed E-state index contributed by atoms with van der Waals surface area (Å²) in [5, 5.41) is 2.88. The third-order valence-corrected chi connectivity index (χ3v) is 6.28. The lowest BCUT2D eigenvalue weighted by atomic mass is 10.2. The van der Waals surface area contributed by atoms with E-state index in [0.717, 1.165) is 43.9 Å². The molecule has 3 aromatic heterocycles. The van der Waals surface area contributed by atoms with Crippen molar-refractivity contribution < 1.29 is 0 Å². The largest absolute Gasteiger partial charge is 0.353 e. The van der Waals surface area contributed by atoms with Crippen LogP contribution in [0, 0.1) is 0 Å². The summed E-state index contributed by atoms with van der Waals surface area (Å²) in [5.74, 6) is 1.11. The van der Waals surface area contributed by atoms with Crippen LogP contribution in [-0.2, 0) is 6.54 Å². The number of benzene rings is 1. The molecule has 28 heavy (non-hydrogen) atoms. The van der Waals surface area contributed by atoms with Gasteiger partial charge >= 0.3 is 0 Å². The van der Waals surface area contributed by atoms with E-state index in [2.05, 4.69) is 43.4 Å². The van der Waals surface area contributed by atoms with Crippen molar-refractivity contribution in [2.45, 2.75) is 6.54 Å². The molecule has 0 spiro atoms. The van der Waals surface area contributed by atoms with Crippen molar-refractivity contribution in [1.82, 2.24) is 18.8 Å². The molecule has 0 aliphatic carbocycles. The van der Waals surface area contributed by atoms with Gasteiger partial charge in [0.05, 0.1) is 10.1 Å². The van der Waals surface area contributed by atoms with E-state index >= 15 is 0 Å². The SMILES string of the molecule is O=c1c2cnccc2ccn1CCN1CCN(c2nsc3ccccc23)CC1. The number of anilines is 1. The first kappa shape index (κ1) is 17.3. The highest BCUT2D eigenvalue weighted by atomic mass is 32.1. The van der Waals surface area contributed by atoms with Crippen LogP contribution in [-0.4, -0.2) is 51.5 Å². The Balaban J connectivity index is 1.23.